The summed E-state index contributed by atoms with van der Waals surface area (Å²) in [6.45, 7) is 14.5. The molecular formula is C41H44N4O10. The van der Waals surface area contributed by atoms with E-state index in [-0.39, 0.29) is 31.0 Å². The minimum Gasteiger partial charge on any atom is -0.497 e. The first-order valence-electron chi connectivity index (χ1n) is 16.8. The van der Waals surface area contributed by atoms with E-state index in [1.165, 1.54) is 6.92 Å². The van der Waals surface area contributed by atoms with Crippen LogP contribution < -0.4 is 18.9 Å². The number of esters is 3. The molecule has 0 fully saturated rings. The maximum Gasteiger partial charge on any atom is 0.318 e. The van der Waals surface area contributed by atoms with Gasteiger partial charge in [0.05, 0.1) is 29.9 Å². The van der Waals surface area contributed by atoms with E-state index in [9.17, 15) is 19.2 Å². The average Bonchev–Trinajstić information content (AvgIpc) is 3.13. The van der Waals surface area contributed by atoms with E-state index in [0.29, 0.717) is 34.3 Å². The first-order chi connectivity index (χ1) is 26.3. The minimum absolute atomic E-state index is 0.0120. The van der Waals surface area contributed by atoms with Crippen LogP contribution >= 0.6 is 0 Å². The Hall–Kier alpha value is -6.70. The lowest BCUT2D eigenvalue weighted by Gasteiger charge is -2.12. The van der Waals surface area contributed by atoms with Crippen LogP contribution in [0.3, 0.4) is 0 Å². The van der Waals surface area contributed by atoms with E-state index in [1.54, 1.807) is 75.6 Å². The van der Waals surface area contributed by atoms with Gasteiger partial charge in [-0.3, -0.25) is 19.2 Å². The standard InChI is InChI=1S/C39H40N4O8.2CH2O/c1-23(16-37(45)49-30-9-13-34(25(3)19-30)41-40-33-12-8-29(48-7)18-24(33)2)17-38(46)50-31-10-14-35(26(4)20-31)42-43-36-15-11-32(21-27(36)5)51-39(47)22-28(6)44;2*1-2/h8-15,18-21,23H,16-17,22H2,1-7H3;2*1H2. The summed E-state index contributed by atoms with van der Waals surface area (Å²) in [4.78, 5) is 64.2. The highest BCUT2D eigenvalue weighted by Crippen LogP contribution is 2.31. The summed E-state index contributed by atoms with van der Waals surface area (Å²) >= 11 is 0. The first-order valence-corrected chi connectivity index (χ1v) is 16.8. The molecule has 4 aromatic rings. The molecule has 0 aliphatic rings. The smallest absolute Gasteiger partial charge is 0.318 e. The van der Waals surface area contributed by atoms with E-state index < -0.39 is 17.9 Å². The largest absolute Gasteiger partial charge is 0.497 e. The number of rotatable bonds is 14. The number of aryl methyl sites for hydroxylation is 4. The van der Waals surface area contributed by atoms with Crippen LogP contribution in [-0.4, -0.2) is 44.4 Å². The second-order valence-electron chi connectivity index (χ2n) is 12.2. The van der Waals surface area contributed by atoms with E-state index in [0.717, 1.165) is 33.7 Å². The van der Waals surface area contributed by atoms with Gasteiger partial charge in [-0.15, -0.1) is 0 Å². The highest BCUT2D eigenvalue weighted by Gasteiger charge is 2.17. The molecule has 14 heteroatoms. The van der Waals surface area contributed by atoms with Gasteiger partial charge >= 0.3 is 17.9 Å². The molecule has 1 atom stereocenters. The summed E-state index contributed by atoms with van der Waals surface area (Å²) in [6.07, 6.45) is -0.262. The van der Waals surface area contributed by atoms with Crippen molar-refractivity contribution < 1.29 is 47.7 Å². The number of ketones is 1. The number of hydrogen-bond donors (Lipinski definition) is 0. The van der Waals surface area contributed by atoms with Crippen molar-refractivity contribution in [3.05, 3.63) is 95.1 Å². The number of Topliss-reactive ketones (excluding diaryl/α,β-unsaturated/α-hetero) is 1. The number of hydrogen-bond acceptors (Lipinski definition) is 14. The van der Waals surface area contributed by atoms with Crippen molar-refractivity contribution in [3.8, 4) is 23.0 Å². The number of azo groups is 2. The molecule has 1 unspecified atom stereocenters. The number of carbonyl (C=O) groups excluding carboxylic acids is 6. The monoisotopic (exact) mass is 752 g/mol. The maximum atomic E-state index is 12.7. The number of ether oxygens (including phenoxy) is 4. The van der Waals surface area contributed by atoms with Crippen LogP contribution in [0.15, 0.2) is 93.3 Å². The van der Waals surface area contributed by atoms with Gasteiger partial charge in [0.2, 0.25) is 0 Å². The van der Waals surface area contributed by atoms with Crippen LogP contribution in [0.5, 0.6) is 23.0 Å². The Labute approximate surface area is 319 Å². The van der Waals surface area contributed by atoms with Crippen molar-refractivity contribution in [2.45, 2.75) is 60.8 Å². The number of methoxy groups -OCH3 is 1. The Morgan fingerprint density at radius 2 is 0.818 bits per heavy atom. The molecule has 0 heterocycles. The van der Waals surface area contributed by atoms with Gasteiger partial charge < -0.3 is 28.5 Å². The van der Waals surface area contributed by atoms with Gasteiger partial charge in [-0.2, -0.15) is 20.5 Å². The summed E-state index contributed by atoms with van der Waals surface area (Å²) in [5, 5.41) is 17.3. The summed E-state index contributed by atoms with van der Waals surface area (Å²) < 4.78 is 21.5. The molecule has 0 saturated heterocycles. The maximum absolute atomic E-state index is 12.7. The van der Waals surface area contributed by atoms with E-state index in [1.807, 2.05) is 52.5 Å². The Bertz CT molecular complexity index is 2040. The van der Waals surface area contributed by atoms with Crippen LogP contribution in [0.2, 0.25) is 0 Å². The van der Waals surface area contributed by atoms with Crippen molar-refractivity contribution >= 4 is 60.0 Å². The Balaban J connectivity index is 0.00000253. The molecule has 0 amide bonds. The molecule has 0 aliphatic heterocycles. The fourth-order valence-corrected chi connectivity index (χ4v) is 4.85. The molecular weight excluding hydrogens is 708 g/mol. The Morgan fingerprint density at radius 3 is 1.11 bits per heavy atom. The molecule has 0 N–H and O–H groups in total. The average molecular weight is 753 g/mol. The fraction of sp³-hybridized carbons (Fsp3) is 0.268. The van der Waals surface area contributed by atoms with Gasteiger partial charge in [0, 0.05) is 12.8 Å². The molecule has 0 aromatic heterocycles. The van der Waals surface area contributed by atoms with Gasteiger partial charge in [0.25, 0.3) is 0 Å². The summed E-state index contributed by atoms with van der Waals surface area (Å²) in [6, 6.07) is 20.5. The lowest BCUT2D eigenvalue weighted by molar-refractivity contribution is -0.139. The molecule has 4 rings (SSSR count). The third-order valence-electron chi connectivity index (χ3n) is 7.56. The van der Waals surface area contributed by atoms with Crippen LogP contribution in [0.1, 0.15) is 55.4 Å². The van der Waals surface area contributed by atoms with E-state index in [4.69, 9.17) is 28.5 Å². The van der Waals surface area contributed by atoms with Crippen molar-refractivity contribution in [2.24, 2.45) is 26.4 Å². The SMILES string of the molecule is C=O.C=O.COc1ccc(N=Nc2ccc(OC(=O)CC(C)CC(=O)Oc3ccc(N=Nc4ccc(OC(=O)CC(C)=O)cc4C)c(C)c3)cc2C)c(C)c1. The van der Waals surface area contributed by atoms with Crippen LogP contribution in [0.25, 0.3) is 0 Å². The lowest BCUT2D eigenvalue weighted by Crippen LogP contribution is -2.17. The van der Waals surface area contributed by atoms with Crippen molar-refractivity contribution in [1.29, 1.82) is 0 Å². The molecule has 0 aliphatic carbocycles. The normalized spacial score (nSPS) is 11.0. The van der Waals surface area contributed by atoms with Crippen LogP contribution in [-0.2, 0) is 28.8 Å². The quantitative estimate of drug-likeness (QED) is 0.0519. The fourth-order valence-electron chi connectivity index (χ4n) is 4.85. The molecule has 288 valence electrons. The summed E-state index contributed by atoms with van der Waals surface area (Å²) in [5.74, 6) is -0.410. The van der Waals surface area contributed by atoms with Gasteiger partial charge in [0.1, 0.15) is 48.8 Å². The number of nitrogens with zero attached hydrogens (tertiary/aromatic N) is 4. The second kappa shape index (κ2) is 22.4. The minimum atomic E-state index is -0.626. The highest BCUT2D eigenvalue weighted by atomic mass is 16.5. The summed E-state index contributed by atoms with van der Waals surface area (Å²) in [7, 11) is 1.61. The van der Waals surface area contributed by atoms with Gasteiger partial charge in [-0.25, -0.2) is 0 Å². The molecule has 0 bridgehead atoms. The van der Waals surface area contributed by atoms with Crippen LogP contribution in [0, 0.1) is 33.6 Å². The van der Waals surface area contributed by atoms with Crippen LogP contribution in [0.4, 0.5) is 22.7 Å². The molecule has 55 heavy (non-hydrogen) atoms. The molecule has 0 saturated carbocycles. The Morgan fingerprint density at radius 1 is 0.527 bits per heavy atom. The Kier molecular flexibility index (Phi) is 18.1. The van der Waals surface area contributed by atoms with E-state index in [2.05, 4.69) is 20.5 Å². The molecule has 14 nitrogen and oxygen atoms in total. The second-order valence-corrected chi connectivity index (χ2v) is 12.2. The van der Waals surface area contributed by atoms with Gasteiger partial charge in [0.15, 0.2) is 0 Å². The zero-order valence-corrected chi connectivity index (χ0v) is 31.9. The third kappa shape index (κ3) is 14.7. The predicted octanol–water partition coefficient (Wildman–Crippen LogP) is 9.20. The number of carbonyl (C=O) groups is 6. The highest BCUT2D eigenvalue weighted by molar-refractivity contribution is 5.95. The molecule has 0 spiro atoms. The number of benzene rings is 4. The van der Waals surface area contributed by atoms with Gasteiger partial charge in [-0.1, -0.05) is 6.92 Å². The van der Waals surface area contributed by atoms with E-state index >= 15 is 0 Å². The summed E-state index contributed by atoms with van der Waals surface area (Å²) in [5.41, 5.74) is 5.66. The third-order valence-corrected chi connectivity index (χ3v) is 7.56. The first kappa shape index (κ1) is 44.5. The molecule has 0 radical (unpaired) electrons. The van der Waals surface area contributed by atoms with Gasteiger partial charge in [-0.05, 0) is 136 Å². The molecule has 4 aromatic carbocycles. The van der Waals surface area contributed by atoms with Crippen molar-refractivity contribution in [2.75, 3.05) is 7.11 Å². The lowest BCUT2D eigenvalue weighted by atomic mass is 10.0. The topological polar surface area (TPSA) is 189 Å². The predicted molar refractivity (Wildman–Crippen MR) is 204 cm³/mol. The zero-order valence-electron chi connectivity index (χ0n) is 31.9. The van der Waals surface area contributed by atoms with Crippen molar-refractivity contribution in [3.63, 3.8) is 0 Å². The van der Waals surface area contributed by atoms with Crippen molar-refractivity contribution in [1.82, 2.24) is 0 Å². The zero-order chi connectivity index (χ0) is 41.1.